The Morgan fingerprint density at radius 1 is 1.09 bits per heavy atom. The van der Waals surface area contributed by atoms with Gasteiger partial charge in [0.1, 0.15) is 11.8 Å². The third-order valence-electron chi connectivity index (χ3n) is 3.83. The number of ether oxygens (including phenoxy) is 2. The Kier molecular flexibility index (Phi) is 5.77. The maximum atomic E-state index is 12.2. The van der Waals surface area contributed by atoms with Crippen LogP contribution in [-0.4, -0.2) is 61.2 Å². The van der Waals surface area contributed by atoms with Gasteiger partial charge in [0.2, 0.25) is 0 Å². The van der Waals surface area contributed by atoms with Crippen molar-refractivity contribution < 1.29 is 19.1 Å². The number of methoxy groups -OCH3 is 1. The van der Waals surface area contributed by atoms with E-state index in [1.165, 1.54) is 7.11 Å². The summed E-state index contributed by atoms with van der Waals surface area (Å²) in [5.41, 5.74) is 0. The van der Waals surface area contributed by atoms with Gasteiger partial charge in [0.05, 0.1) is 7.11 Å². The highest BCUT2D eigenvalue weighted by Crippen LogP contribution is 2.13. The molecule has 0 spiro atoms. The van der Waals surface area contributed by atoms with Gasteiger partial charge in [-0.1, -0.05) is 18.2 Å². The molecule has 0 radical (unpaired) electrons. The first-order valence-corrected chi connectivity index (χ1v) is 7.45. The molecule has 120 valence electrons. The first-order chi connectivity index (χ1) is 10.6. The Bertz CT molecular complexity index is 506. The predicted molar refractivity (Wildman–Crippen MR) is 81.7 cm³/mol. The van der Waals surface area contributed by atoms with E-state index in [-0.39, 0.29) is 18.1 Å². The minimum Gasteiger partial charge on any atom is -0.468 e. The normalized spacial score (nSPS) is 17.5. The average molecular weight is 306 g/mol. The zero-order valence-electron chi connectivity index (χ0n) is 13.0. The van der Waals surface area contributed by atoms with Crippen LogP contribution in [0.3, 0.4) is 0 Å². The van der Waals surface area contributed by atoms with Crippen molar-refractivity contribution >= 4 is 12.1 Å². The molecule has 1 fully saturated rings. The van der Waals surface area contributed by atoms with Gasteiger partial charge >= 0.3 is 12.1 Å². The third kappa shape index (κ3) is 4.21. The molecule has 1 amide bonds. The van der Waals surface area contributed by atoms with Crippen molar-refractivity contribution in [3.05, 3.63) is 30.3 Å². The molecule has 0 N–H and O–H groups in total. The molecule has 1 aliphatic rings. The third-order valence-corrected chi connectivity index (χ3v) is 3.83. The van der Waals surface area contributed by atoms with Gasteiger partial charge in [-0.2, -0.15) is 0 Å². The molecule has 0 saturated carbocycles. The van der Waals surface area contributed by atoms with Crippen molar-refractivity contribution in [2.45, 2.75) is 19.4 Å². The molecular weight excluding hydrogens is 284 g/mol. The molecule has 6 nitrogen and oxygen atoms in total. The van der Waals surface area contributed by atoms with E-state index >= 15 is 0 Å². The summed E-state index contributed by atoms with van der Waals surface area (Å²) in [5.74, 6) is 0.289. The molecule has 1 heterocycles. The lowest BCUT2D eigenvalue weighted by Crippen LogP contribution is -2.42. The predicted octanol–water partition coefficient (Wildman–Crippen LogP) is 1.75. The molecule has 0 aromatic heterocycles. The van der Waals surface area contributed by atoms with Gasteiger partial charge in [-0.3, -0.25) is 9.69 Å². The number of para-hydroxylation sites is 1. The minimum absolute atomic E-state index is 0.250. The van der Waals surface area contributed by atoms with Crippen LogP contribution in [0.5, 0.6) is 5.75 Å². The highest BCUT2D eigenvalue weighted by molar-refractivity contribution is 5.75. The Balaban J connectivity index is 1.90. The summed E-state index contributed by atoms with van der Waals surface area (Å²) in [6.07, 6.45) is 0.448. The highest BCUT2D eigenvalue weighted by Gasteiger charge is 2.26. The van der Waals surface area contributed by atoms with Gasteiger partial charge in [0.15, 0.2) is 0 Å². The molecular formula is C16H22N2O4. The number of nitrogens with zero attached hydrogens (tertiary/aromatic N) is 2. The van der Waals surface area contributed by atoms with Crippen LogP contribution in [0.4, 0.5) is 4.79 Å². The lowest BCUT2D eigenvalue weighted by Gasteiger charge is -2.25. The van der Waals surface area contributed by atoms with Crippen LogP contribution in [0, 0.1) is 0 Å². The fraction of sp³-hybridized carbons (Fsp3) is 0.500. The van der Waals surface area contributed by atoms with Crippen LogP contribution < -0.4 is 4.74 Å². The standard InChI is InChI=1S/C16H22N2O4/c1-13(15(19)21-2)17-9-6-10-18(12-11-17)16(20)22-14-7-4-3-5-8-14/h3-5,7-8,13H,6,9-12H2,1-2H3/t13-/m0/s1. The molecule has 22 heavy (non-hydrogen) atoms. The number of hydrogen-bond acceptors (Lipinski definition) is 5. The molecule has 0 aliphatic carbocycles. The van der Waals surface area contributed by atoms with Crippen LogP contribution in [0.15, 0.2) is 30.3 Å². The maximum absolute atomic E-state index is 12.2. The Morgan fingerprint density at radius 3 is 2.50 bits per heavy atom. The molecule has 0 unspecified atom stereocenters. The smallest absolute Gasteiger partial charge is 0.415 e. The second kappa shape index (κ2) is 7.79. The summed E-state index contributed by atoms with van der Waals surface area (Å²) in [5, 5.41) is 0. The number of rotatable bonds is 3. The van der Waals surface area contributed by atoms with Crippen LogP contribution in [-0.2, 0) is 9.53 Å². The zero-order chi connectivity index (χ0) is 15.9. The van der Waals surface area contributed by atoms with Crippen molar-refractivity contribution in [3.8, 4) is 5.75 Å². The van der Waals surface area contributed by atoms with E-state index in [1.807, 2.05) is 30.0 Å². The Hall–Kier alpha value is -2.08. The molecule has 1 aliphatic heterocycles. The van der Waals surface area contributed by atoms with Gasteiger partial charge in [-0.05, 0) is 25.5 Å². The van der Waals surface area contributed by atoms with Gasteiger partial charge < -0.3 is 14.4 Å². The van der Waals surface area contributed by atoms with Crippen LogP contribution in [0.25, 0.3) is 0 Å². The van der Waals surface area contributed by atoms with Gasteiger partial charge in [0.25, 0.3) is 0 Å². The van der Waals surface area contributed by atoms with Crippen LogP contribution in [0.1, 0.15) is 13.3 Å². The monoisotopic (exact) mass is 306 g/mol. The van der Waals surface area contributed by atoms with E-state index in [4.69, 9.17) is 9.47 Å². The van der Waals surface area contributed by atoms with E-state index in [0.717, 1.165) is 13.0 Å². The SMILES string of the molecule is COC(=O)[C@H](C)N1CCCN(C(=O)Oc2ccccc2)CC1. The molecule has 1 atom stereocenters. The average Bonchev–Trinajstić information content (AvgIpc) is 2.80. The number of carbonyl (C=O) groups excluding carboxylic acids is 2. The maximum Gasteiger partial charge on any atom is 0.415 e. The topological polar surface area (TPSA) is 59.1 Å². The summed E-state index contributed by atoms with van der Waals surface area (Å²) in [7, 11) is 1.39. The van der Waals surface area contributed by atoms with E-state index in [2.05, 4.69) is 0 Å². The van der Waals surface area contributed by atoms with Gasteiger partial charge in [0, 0.05) is 26.2 Å². The second-order valence-electron chi connectivity index (χ2n) is 5.26. The molecule has 1 aromatic rings. The molecule has 6 heteroatoms. The van der Waals surface area contributed by atoms with Crippen LogP contribution >= 0.6 is 0 Å². The Labute approximate surface area is 130 Å². The van der Waals surface area contributed by atoms with E-state index in [9.17, 15) is 9.59 Å². The molecule has 0 bridgehead atoms. The Morgan fingerprint density at radius 2 is 1.82 bits per heavy atom. The van der Waals surface area contributed by atoms with Crippen molar-refractivity contribution in [1.29, 1.82) is 0 Å². The number of hydrogen-bond donors (Lipinski definition) is 0. The molecule has 1 saturated heterocycles. The van der Waals surface area contributed by atoms with Gasteiger partial charge in [-0.25, -0.2) is 4.79 Å². The number of amides is 1. The zero-order valence-corrected chi connectivity index (χ0v) is 13.0. The van der Waals surface area contributed by atoms with Crippen molar-refractivity contribution in [2.24, 2.45) is 0 Å². The number of benzene rings is 1. The first kappa shape index (κ1) is 16.3. The molecule has 2 rings (SSSR count). The fourth-order valence-electron chi connectivity index (χ4n) is 2.48. The largest absolute Gasteiger partial charge is 0.468 e. The lowest BCUT2D eigenvalue weighted by molar-refractivity contribution is -0.146. The van der Waals surface area contributed by atoms with Crippen molar-refractivity contribution in [1.82, 2.24) is 9.80 Å². The first-order valence-electron chi connectivity index (χ1n) is 7.45. The summed E-state index contributed by atoms with van der Waals surface area (Å²) in [6, 6.07) is 8.73. The summed E-state index contributed by atoms with van der Waals surface area (Å²) in [6.45, 7) is 4.36. The van der Waals surface area contributed by atoms with E-state index < -0.39 is 0 Å². The van der Waals surface area contributed by atoms with E-state index in [1.54, 1.807) is 17.0 Å². The second-order valence-corrected chi connectivity index (χ2v) is 5.26. The van der Waals surface area contributed by atoms with Crippen molar-refractivity contribution in [2.75, 3.05) is 33.3 Å². The summed E-state index contributed by atoms with van der Waals surface area (Å²) >= 11 is 0. The quantitative estimate of drug-likeness (QED) is 0.796. The minimum atomic E-state index is -0.348. The van der Waals surface area contributed by atoms with Gasteiger partial charge in [-0.15, -0.1) is 0 Å². The van der Waals surface area contributed by atoms with E-state index in [0.29, 0.717) is 25.4 Å². The summed E-state index contributed by atoms with van der Waals surface area (Å²) < 4.78 is 10.1. The highest BCUT2D eigenvalue weighted by atomic mass is 16.6. The lowest BCUT2D eigenvalue weighted by atomic mass is 10.2. The fourth-order valence-corrected chi connectivity index (χ4v) is 2.48. The molecule has 1 aromatic carbocycles. The number of carbonyl (C=O) groups is 2. The number of esters is 1. The van der Waals surface area contributed by atoms with Crippen molar-refractivity contribution in [3.63, 3.8) is 0 Å². The van der Waals surface area contributed by atoms with Crippen LogP contribution in [0.2, 0.25) is 0 Å². The summed E-state index contributed by atoms with van der Waals surface area (Å²) in [4.78, 5) is 27.5.